The Labute approximate surface area is 135 Å². The van der Waals surface area contributed by atoms with Crippen LogP contribution in [0.5, 0.6) is 0 Å². The standard InChI is InChI=1S/C16H22N4O3/c1-15(2,3)23-14(22)20-16(9-10-17-13(21)19-16)18-11-12-7-5-4-6-8-12/h4-10,18H,11H2,1-3H3,(H,20,22)(H2,17,19,21)/t16-/m1/s1. The summed E-state index contributed by atoms with van der Waals surface area (Å²) in [5.41, 5.74) is 0.379. The first-order chi connectivity index (χ1) is 10.8. The Morgan fingerprint density at radius 3 is 2.57 bits per heavy atom. The molecule has 23 heavy (non-hydrogen) atoms. The van der Waals surface area contributed by atoms with Gasteiger partial charge in [-0.1, -0.05) is 30.3 Å². The molecular formula is C16H22N4O3. The molecule has 0 unspecified atom stereocenters. The van der Waals surface area contributed by atoms with Crippen molar-refractivity contribution in [1.29, 1.82) is 0 Å². The molecule has 0 saturated heterocycles. The van der Waals surface area contributed by atoms with Gasteiger partial charge >= 0.3 is 12.1 Å². The predicted octanol–water partition coefficient (Wildman–Crippen LogP) is 1.78. The number of alkyl carbamates (subject to hydrolysis) is 1. The number of nitrogens with one attached hydrogen (secondary N) is 4. The van der Waals surface area contributed by atoms with Crippen LogP contribution in [0.1, 0.15) is 26.3 Å². The molecule has 2 rings (SSSR count). The van der Waals surface area contributed by atoms with E-state index in [1.165, 1.54) is 6.20 Å². The number of carbonyl (C=O) groups excluding carboxylic acids is 2. The Kier molecular flexibility index (Phi) is 4.90. The molecule has 3 amide bonds. The number of hydrogen-bond acceptors (Lipinski definition) is 4. The maximum absolute atomic E-state index is 12.1. The lowest BCUT2D eigenvalue weighted by molar-refractivity contribution is 0.0442. The van der Waals surface area contributed by atoms with Crippen LogP contribution in [0.4, 0.5) is 9.59 Å². The molecule has 0 bridgehead atoms. The third kappa shape index (κ3) is 5.30. The minimum Gasteiger partial charge on any atom is -0.444 e. The van der Waals surface area contributed by atoms with Gasteiger partial charge in [0.2, 0.25) is 0 Å². The van der Waals surface area contributed by atoms with Crippen molar-refractivity contribution in [1.82, 2.24) is 21.3 Å². The molecule has 1 aromatic carbocycles. The van der Waals surface area contributed by atoms with Gasteiger partial charge in [0.25, 0.3) is 0 Å². The Balaban J connectivity index is 2.10. The quantitative estimate of drug-likeness (QED) is 0.637. The molecule has 0 aromatic heterocycles. The number of ether oxygens (including phenoxy) is 1. The minimum atomic E-state index is -1.22. The molecule has 4 N–H and O–H groups in total. The van der Waals surface area contributed by atoms with Crippen LogP contribution in [0.3, 0.4) is 0 Å². The fraction of sp³-hybridized carbons (Fsp3) is 0.375. The molecule has 0 fully saturated rings. The molecule has 1 aliphatic heterocycles. The largest absolute Gasteiger partial charge is 0.444 e. The van der Waals surface area contributed by atoms with Crippen molar-refractivity contribution in [2.24, 2.45) is 0 Å². The van der Waals surface area contributed by atoms with Crippen molar-refractivity contribution in [3.05, 3.63) is 48.2 Å². The zero-order chi connectivity index (χ0) is 16.9. The fourth-order valence-corrected chi connectivity index (χ4v) is 2.02. The first-order valence-electron chi connectivity index (χ1n) is 7.34. The SMILES string of the molecule is CC(C)(C)OC(=O)N[C@@]1(NCc2ccccc2)C=CNC(=O)N1. The van der Waals surface area contributed by atoms with Crippen LogP contribution in [0.15, 0.2) is 42.6 Å². The fourth-order valence-electron chi connectivity index (χ4n) is 2.02. The smallest absolute Gasteiger partial charge is 0.410 e. The van der Waals surface area contributed by atoms with Gasteiger partial charge in [-0.25, -0.2) is 9.59 Å². The zero-order valence-electron chi connectivity index (χ0n) is 13.5. The lowest BCUT2D eigenvalue weighted by Gasteiger charge is -2.36. The molecule has 1 atom stereocenters. The minimum absolute atomic E-state index is 0.427. The van der Waals surface area contributed by atoms with Crippen molar-refractivity contribution in [2.75, 3.05) is 0 Å². The predicted molar refractivity (Wildman–Crippen MR) is 86.2 cm³/mol. The van der Waals surface area contributed by atoms with E-state index in [0.717, 1.165) is 5.56 Å². The Morgan fingerprint density at radius 1 is 1.26 bits per heavy atom. The van der Waals surface area contributed by atoms with E-state index in [2.05, 4.69) is 21.3 Å². The van der Waals surface area contributed by atoms with Crippen LogP contribution in [0.2, 0.25) is 0 Å². The van der Waals surface area contributed by atoms with Crippen LogP contribution >= 0.6 is 0 Å². The molecule has 1 aliphatic rings. The monoisotopic (exact) mass is 318 g/mol. The van der Waals surface area contributed by atoms with E-state index in [0.29, 0.717) is 6.54 Å². The van der Waals surface area contributed by atoms with Gasteiger partial charge in [0, 0.05) is 12.7 Å². The number of amides is 3. The molecule has 1 aromatic rings. The van der Waals surface area contributed by atoms with Gasteiger partial charge in [0.15, 0.2) is 5.79 Å². The summed E-state index contributed by atoms with van der Waals surface area (Å²) in [5, 5.41) is 10.9. The molecular weight excluding hydrogens is 296 g/mol. The highest BCUT2D eigenvalue weighted by Gasteiger charge is 2.34. The van der Waals surface area contributed by atoms with Gasteiger partial charge < -0.3 is 10.1 Å². The molecule has 7 nitrogen and oxygen atoms in total. The van der Waals surface area contributed by atoms with Crippen molar-refractivity contribution >= 4 is 12.1 Å². The van der Waals surface area contributed by atoms with Crippen LogP contribution in [-0.2, 0) is 11.3 Å². The number of rotatable bonds is 4. The molecule has 124 valence electrons. The molecule has 0 aliphatic carbocycles. The summed E-state index contributed by atoms with van der Waals surface area (Å²) in [6, 6.07) is 9.22. The number of urea groups is 1. The lowest BCUT2D eigenvalue weighted by Crippen LogP contribution is -2.70. The molecule has 0 radical (unpaired) electrons. The molecule has 1 heterocycles. The van der Waals surface area contributed by atoms with Crippen LogP contribution < -0.4 is 21.3 Å². The lowest BCUT2D eigenvalue weighted by atomic mass is 10.2. The van der Waals surface area contributed by atoms with E-state index in [1.54, 1.807) is 26.8 Å². The van der Waals surface area contributed by atoms with Gasteiger partial charge in [-0.3, -0.25) is 16.0 Å². The average molecular weight is 318 g/mol. The highest BCUT2D eigenvalue weighted by atomic mass is 16.6. The first-order valence-corrected chi connectivity index (χ1v) is 7.34. The van der Waals surface area contributed by atoms with E-state index in [9.17, 15) is 9.59 Å². The number of hydrogen-bond donors (Lipinski definition) is 4. The number of carbonyl (C=O) groups is 2. The van der Waals surface area contributed by atoms with E-state index >= 15 is 0 Å². The third-order valence-corrected chi connectivity index (χ3v) is 2.97. The maximum Gasteiger partial charge on any atom is 0.410 e. The summed E-state index contributed by atoms with van der Waals surface area (Å²) in [7, 11) is 0. The second-order valence-corrected chi connectivity index (χ2v) is 6.21. The highest BCUT2D eigenvalue weighted by molar-refractivity contribution is 5.79. The average Bonchev–Trinajstić information content (AvgIpc) is 2.44. The van der Waals surface area contributed by atoms with Gasteiger partial charge in [0.05, 0.1) is 0 Å². The van der Waals surface area contributed by atoms with Crippen molar-refractivity contribution in [3.8, 4) is 0 Å². The van der Waals surface area contributed by atoms with Crippen LogP contribution in [0, 0.1) is 0 Å². The number of benzene rings is 1. The highest BCUT2D eigenvalue weighted by Crippen LogP contribution is 2.10. The second-order valence-electron chi connectivity index (χ2n) is 6.21. The second kappa shape index (κ2) is 6.70. The topological polar surface area (TPSA) is 91.5 Å². The van der Waals surface area contributed by atoms with E-state index in [1.807, 2.05) is 30.3 Å². The summed E-state index contributed by atoms with van der Waals surface area (Å²) in [6.45, 7) is 5.76. The molecule has 0 saturated carbocycles. The molecule has 0 spiro atoms. The molecule has 7 heteroatoms. The summed E-state index contributed by atoms with van der Waals surface area (Å²) >= 11 is 0. The summed E-state index contributed by atoms with van der Waals surface area (Å²) in [6.07, 6.45) is 2.44. The Hall–Kier alpha value is -2.54. The Morgan fingerprint density at radius 2 is 1.96 bits per heavy atom. The zero-order valence-corrected chi connectivity index (χ0v) is 13.5. The first kappa shape index (κ1) is 16.8. The van der Waals surface area contributed by atoms with E-state index in [4.69, 9.17) is 4.74 Å². The van der Waals surface area contributed by atoms with Crippen molar-refractivity contribution < 1.29 is 14.3 Å². The van der Waals surface area contributed by atoms with Crippen molar-refractivity contribution in [2.45, 2.75) is 38.7 Å². The van der Waals surface area contributed by atoms with E-state index in [-0.39, 0.29) is 0 Å². The van der Waals surface area contributed by atoms with Gasteiger partial charge in [-0.15, -0.1) is 0 Å². The maximum atomic E-state index is 12.1. The van der Waals surface area contributed by atoms with Gasteiger partial charge in [-0.2, -0.15) is 0 Å². The van der Waals surface area contributed by atoms with Gasteiger partial charge in [0.1, 0.15) is 5.60 Å². The van der Waals surface area contributed by atoms with E-state index < -0.39 is 23.5 Å². The summed E-state index contributed by atoms with van der Waals surface area (Å²) in [5.74, 6) is -1.22. The van der Waals surface area contributed by atoms with Crippen molar-refractivity contribution in [3.63, 3.8) is 0 Å². The summed E-state index contributed by atoms with van der Waals surface area (Å²) in [4.78, 5) is 23.7. The van der Waals surface area contributed by atoms with Gasteiger partial charge in [-0.05, 0) is 32.4 Å². The Bertz CT molecular complexity index is 595. The normalized spacial score (nSPS) is 20.4. The third-order valence-electron chi connectivity index (χ3n) is 2.97. The van der Waals surface area contributed by atoms with Crippen LogP contribution in [-0.4, -0.2) is 23.5 Å². The summed E-state index contributed by atoms with van der Waals surface area (Å²) < 4.78 is 5.26. The van der Waals surface area contributed by atoms with Crippen LogP contribution in [0.25, 0.3) is 0 Å².